The summed E-state index contributed by atoms with van der Waals surface area (Å²) in [5, 5.41) is 3.24. The van der Waals surface area contributed by atoms with Gasteiger partial charge in [-0.3, -0.25) is 4.79 Å². The van der Waals surface area contributed by atoms with Crippen molar-refractivity contribution in [3.05, 3.63) is 53.1 Å². The summed E-state index contributed by atoms with van der Waals surface area (Å²) in [5.41, 5.74) is 7.73. The second-order valence-electron chi connectivity index (χ2n) is 4.34. The smallest absolute Gasteiger partial charge is 0.262 e. The molecule has 20 heavy (non-hydrogen) atoms. The van der Waals surface area contributed by atoms with Gasteiger partial charge in [-0.1, -0.05) is 23.7 Å². The number of nitrogens with one attached hydrogen (secondary N) is 1. The van der Waals surface area contributed by atoms with E-state index in [1.807, 2.05) is 19.1 Å². The van der Waals surface area contributed by atoms with E-state index < -0.39 is 0 Å². The van der Waals surface area contributed by atoms with Gasteiger partial charge in [0.25, 0.3) is 5.91 Å². The molecule has 0 aliphatic heterocycles. The molecule has 0 bridgehead atoms. The number of amides is 1. The van der Waals surface area contributed by atoms with E-state index in [1.165, 1.54) is 0 Å². The third kappa shape index (κ3) is 3.65. The van der Waals surface area contributed by atoms with Crippen LogP contribution in [0.4, 0.5) is 11.4 Å². The molecule has 0 saturated heterocycles. The zero-order valence-electron chi connectivity index (χ0n) is 11.0. The van der Waals surface area contributed by atoms with Crippen LogP contribution in [0.2, 0.25) is 5.02 Å². The lowest BCUT2D eigenvalue weighted by molar-refractivity contribution is -0.118. The molecular formula is C15H15ClN2O2. The molecule has 2 aromatic carbocycles. The molecule has 2 rings (SSSR count). The van der Waals surface area contributed by atoms with Gasteiger partial charge in [0.05, 0.1) is 10.7 Å². The van der Waals surface area contributed by atoms with E-state index in [9.17, 15) is 4.79 Å². The van der Waals surface area contributed by atoms with Gasteiger partial charge in [0.15, 0.2) is 6.61 Å². The first-order valence-electron chi connectivity index (χ1n) is 6.09. The number of aryl methyl sites for hydroxylation is 1. The summed E-state index contributed by atoms with van der Waals surface area (Å²) in [5.74, 6) is 0.322. The molecular weight excluding hydrogens is 276 g/mol. The molecule has 0 radical (unpaired) electrons. The first kappa shape index (κ1) is 14.2. The highest BCUT2D eigenvalue weighted by molar-refractivity contribution is 6.33. The molecule has 3 N–H and O–H groups in total. The third-order valence-corrected chi connectivity index (χ3v) is 3.05. The van der Waals surface area contributed by atoms with E-state index in [4.69, 9.17) is 22.1 Å². The molecule has 0 saturated carbocycles. The van der Waals surface area contributed by atoms with Crippen LogP contribution in [-0.4, -0.2) is 12.5 Å². The van der Waals surface area contributed by atoms with Crippen molar-refractivity contribution in [3.63, 3.8) is 0 Å². The van der Waals surface area contributed by atoms with Crippen LogP contribution < -0.4 is 15.8 Å². The van der Waals surface area contributed by atoms with Crippen molar-refractivity contribution in [2.75, 3.05) is 17.7 Å². The highest BCUT2D eigenvalue weighted by atomic mass is 35.5. The van der Waals surface area contributed by atoms with Gasteiger partial charge in [0.2, 0.25) is 0 Å². The van der Waals surface area contributed by atoms with Gasteiger partial charge in [-0.15, -0.1) is 0 Å². The summed E-state index contributed by atoms with van der Waals surface area (Å²) < 4.78 is 5.36. The summed E-state index contributed by atoms with van der Waals surface area (Å²) in [4.78, 5) is 11.8. The highest BCUT2D eigenvalue weighted by Gasteiger charge is 2.08. The molecule has 0 heterocycles. The molecule has 0 atom stereocenters. The lowest BCUT2D eigenvalue weighted by atomic mass is 10.2. The molecule has 104 valence electrons. The van der Waals surface area contributed by atoms with Gasteiger partial charge < -0.3 is 15.8 Å². The maximum absolute atomic E-state index is 11.8. The predicted molar refractivity (Wildman–Crippen MR) is 81.2 cm³/mol. The zero-order valence-corrected chi connectivity index (χ0v) is 11.8. The van der Waals surface area contributed by atoms with Crippen molar-refractivity contribution in [1.82, 2.24) is 0 Å². The minimum Gasteiger partial charge on any atom is -0.484 e. The largest absolute Gasteiger partial charge is 0.484 e. The summed E-state index contributed by atoms with van der Waals surface area (Å²) in [6, 6.07) is 12.3. The molecule has 4 nitrogen and oxygen atoms in total. The van der Waals surface area contributed by atoms with Crippen LogP contribution in [-0.2, 0) is 4.79 Å². The van der Waals surface area contributed by atoms with Crippen LogP contribution in [0.5, 0.6) is 5.75 Å². The van der Waals surface area contributed by atoms with E-state index in [1.54, 1.807) is 30.3 Å². The number of nitrogen functional groups attached to an aromatic ring is 1. The van der Waals surface area contributed by atoms with Gasteiger partial charge in [-0.2, -0.15) is 0 Å². The molecule has 1 amide bonds. The standard InChI is InChI=1S/C15H15ClN2O2/c1-10-3-2-4-13(16)15(10)18-14(19)9-20-12-7-5-11(17)6-8-12/h2-8H,9,17H2,1H3,(H,18,19). The van der Waals surface area contributed by atoms with Crippen molar-refractivity contribution < 1.29 is 9.53 Å². The Morgan fingerprint density at radius 3 is 2.60 bits per heavy atom. The third-order valence-electron chi connectivity index (χ3n) is 2.74. The lowest BCUT2D eigenvalue weighted by Crippen LogP contribution is -2.20. The van der Waals surface area contributed by atoms with Gasteiger partial charge in [0, 0.05) is 5.69 Å². The number of ether oxygens (including phenoxy) is 1. The Labute approximate surface area is 122 Å². The van der Waals surface area contributed by atoms with Crippen molar-refractivity contribution >= 4 is 28.9 Å². The molecule has 2 aromatic rings. The van der Waals surface area contributed by atoms with E-state index >= 15 is 0 Å². The number of benzene rings is 2. The Hall–Kier alpha value is -2.20. The molecule has 0 spiro atoms. The highest BCUT2D eigenvalue weighted by Crippen LogP contribution is 2.25. The van der Waals surface area contributed by atoms with Gasteiger partial charge in [-0.05, 0) is 42.8 Å². The summed E-state index contributed by atoms with van der Waals surface area (Å²) in [7, 11) is 0. The summed E-state index contributed by atoms with van der Waals surface area (Å²) >= 11 is 6.04. The number of carbonyl (C=O) groups is 1. The second kappa shape index (κ2) is 6.30. The lowest BCUT2D eigenvalue weighted by Gasteiger charge is -2.11. The monoisotopic (exact) mass is 290 g/mol. The first-order valence-corrected chi connectivity index (χ1v) is 6.47. The Kier molecular flexibility index (Phi) is 4.48. The van der Waals surface area contributed by atoms with Crippen LogP contribution in [0.15, 0.2) is 42.5 Å². The van der Waals surface area contributed by atoms with Crippen LogP contribution in [0.25, 0.3) is 0 Å². The molecule has 0 unspecified atom stereocenters. The van der Waals surface area contributed by atoms with Crippen LogP contribution in [0.1, 0.15) is 5.56 Å². The normalized spacial score (nSPS) is 10.1. The van der Waals surface area contributed by atoms with Crippen LogP contribution in [0, 0.1) is 6.92 Å². The maximum Gasteiger partial charge on any atom is 0.262 e. The Morgan fingerprint density at radius 2 is 1.95 bits per heavy atom. The van der Waals surface area contributed by atoms with Crippen molar-refractivity contribution in [2.45, 2.75) is 6.92 Å². The van der Waals surface area contributed by atoms with E-state index in [2.05, 4.69) is 5.32 Å². The summed E-state index contributed by atoms with van der Waals surface area (Å²) in [6.07, 6.45) is 0. The number of nitrogens with two attached hydrogens (primary N) is 1. The number of hydrogen-bond donors (Lipinski definition) is 2. The average molecular weight is 291 g/mol. The fourth-order valence-corrected chi connectivity index (χ4v) is 1.95. The zero-order chi connectivity index (χ0) is 14.5. The molecule has 0 aliphatic carbocycles. The fraction of sp³-hybridized carbons (Fsp3) is 0.133. The first-order chi connectivity index (χ1) is 9.56. The van der Waals surface area contributed by atoms with Gasteiger partial charge in [0.1, 0.15) is 5.75 Å². The molecule has 0 aromatic heterocycles. The van der Waals surface area contributed by atoms with Crippen LogP contribution >= 0.6 is 11.6 Å². The molecule has 0 aliphatic rings. The maximum atomic E-state index is 11.8. The number of halogens is 1. The SMILES string of the molecule is Cc1cccc(Cl)c1NC(=O)COc1ccc(N)cc1. The Morgan fingerprint density at radius 1 is 1.25 bits per heavy atom. The van der Waals surface area contributed by atoms with E-state index in [0.717, 1.165) is 5.56 Å². The van der Waals surface area contributed by atoms with Gasteiger partial charge >= 0.3 is 0 Å². The number of hydrogen-bond acceptors (Lipinski definition) is 3. The fourth-order valence-electron chi connectivity index (χ4n) is 1.68. The van der Waals surface area contributed by atoms with E-state index in [0.29, 0.717) is 22.1 Å². The van der Waals surface area contributed by atoms with Crippen molar-refractivity contribution in [1.29, 1.82) is 0 Å². The molecule has 0 fully saturated rings. The van der Waals surface area contributed by atoms with E-state index in [-0.39, 0.29) is 12.5 Å². The topological polar surface area (TPSA) is 64.3 Å². The predicted octanol–water partition coefficient (Wildman–Crippen LogP) is 3.25. The Balaban J connectivity index is 1.94. The minimum atomic E-state index is -0.266. The number of anilines is 2. The van der Waals surface area contributed by atoms with Crippen molar-refractivity contribution in [3.8, 4) is 5.75 Å². The van der Waals surface area contributed by atoms with Gasteiger partial charge in [-0.25, -0.2) is 0 Å². The molecule has 5 heteroatoms. The Bertz CT molecular complexity index is 592. The number of para-hydroxylation sites is 1. The number of carbonyl (C=O) groups excluding carboxylic acids is 1. The average Bonchev–Trinajstić information content (AvgIpc) is 2.42. The minimum absolute atomic E-state index is 0.0887. The quantitative estimate of drug-likeness (QED) is 0.850. The second-order valence-corrected chi connectivity index (χ2v) is 4.74. The van der Waals surface area contributed by atoms with Crippen LogP contribution in [0.3, 0.4) is 0 Å². The van der Waals surface area contributed by atoms with Crippen molar-refractivity contribution in [2.24, 2.45) is 0 Å². The summed E-state index contributed by atoms with van der Waals surface area (Å²) in [6.45, 7) is 1.79. The number of rotatable bonds is 4.